The first-order valence-electron chi connectivity index (χ1n) is 7.98. The summed E-state index contributed by atoms with van der Waals surface area (Å²) in [5, 5.41) is 2.97. The lowest BCUT2D eigenvalue weighted by Crippen LogP contribution is -2.47. The number of hydrogen-bond acceptors (Lipinski definition) is 3. The van der Waals surface area contributed by atoms with Gasteiger partial charge in [-0.05, 0) is 52.7 Å². The van der Waals surface area contributed by atoms with Gasteiger partial charge in [0.25, 0.3) is 0 Å². The van der Waals surface area contributed by atoms with Crippen LogP contribution < -0.4 is 5.32 Å². The van der Waals surface area contributed by atoms with Gasteiger partial charge in [0.1, 0.15) is 0 Å². The normalized spacial score (nSPS) is 17.9. The predicted octanol–water partition coefficient (Wildman–Crippen LogP) is 2.31. The molecule has 1 N–H and O–H groups in total. The molecule has 0 atom stereocenters. The number of amides is 1. The molecule has 5 nitrogen and oxygen atoms in total. The molecule has 1 aliphatic heterocycles. The number of rotatable bonds is 3. The van der Waals surface area contributed by atoms with E-state index in [2.05, 4.69) is 5.32 Å². The average Bonchev–Trinajstić information content (AvgIpc) is 2.46. The Morgan fingerprint density at radius 3 is 2.13 bits per heavy atom. The van der Waals surface area contributed by atoms with Gasteiger partial charge in [0, 0.05) is 24.5 Å². The number of hydrogen-bond donors (Lipinski definition) is 1. The van der Waals surface area contributed by atoms with Crippen molar-refractivity contribution in [2.45, 2.75) is 51.0 Å². The molecule has 0 unspecified atom stereocenters. The van der Waals surface area contributed by atoms with Crippen LogP contribution in [0, 0.1) is 12.8 Å². The number of piperidine rings is 1. The van der Waals surface area contributed by atoms with Crippen molar-refractivity contribution < 1.29 is 13.2 Å². The van der Waals surface area contributed by atoms with Crippen LogP contribution in [0.5, 0.6) is 0 Å². The Kier molecular flexibility index (Phi) is 5.16. The summed E-state index contributed by atoms with van der Waals surface area (Å²) in [6.45, 7) is 8.54. The Hall–Kier alpha value is -1.40. The van der Waals surface area contributed by atoms with Crippen molar-refractivity contribution in [2.75, 3.05) is 13.1 Å². The van der Waals surface area contributed by atoms with Gasteiger partial charge in [-0.15, -0.1) is 0 Å². The van der Waals surface area contributed by atoms with E-state index in [0.29, 0.717) is 30.8 Å². The van der Waals surface area contributed by atoms with Crippen molar-refractivity contribution in [2.24, 2.45) is 5.92 Å². The molecular formula is C17H26N2O3S. The van der Waals surface area contributed by atoms with Gasteiger partial charge in [-0.1, -0.05) is 17.7 Å². The Morgan fingerprint density at radius 1 is 1.13 bits per heavy atom. The van der Waals surface area contributed by atoms with Crippen molar-refractivity contribution in [3.8, 4) is 0 Å². The summed E-state index contributed by atoms with van der Waals surface area (Å²) in [6.07, 6.45) is 1.13. The van der Waals surface area contributed by atoms with Crippen LogP contribution in [0.4, 0.5) is 0 Å². The molecule has 1 aromatic rings. The van der Waals surface area contributed by atoms with Crippen LogP contribution in [0.2, 0.25) is 0 Å². The lowest BCUT2D eigenvalue weighted by Gasteiger charge is -2.32. The van der Waals surface area contributed by atoms with Crippen LogP contribution in [-0.4, -0.2) is 37.3 Å². The van der Waals surface area contributed by atoms with E-state index in [1.54, 1.807) is 24.3 Å². The van der Waals surface area contributed by atoms with Gasteiger partial charge in [-0.3, -0.25) is 4.79 Å². The quantitative estimate of drug-likeness (QED) is 0.920. The van der Waals surface area contributed by atoms with Crippen molar-refractivity contribution in [3.05, 3.63) is 29.8 Å². The summed E-state index contributed by atoms with van der Waals surface area (Å²) < 4.78 is 26.7. The van der Waals surface area contributed by atoms with Crippen LogP contribution in [0.1, 0.15) is 39.2 Å². The SMILES string of the molecule is Cc1ccc(S(=O)(=O)N2CCC(C(=O)NC(C)(C)C)CC2)cc1. The highest BCUT2D eigenvalue weighted by Gasteiger charge is 2.32. The van der Waals surface area contributed by atoms with E-state index in [1.165, 1.54) is 4.31 Å². The Morgan fingerprint density at radius 2 is 1.65 bits per heavy atom. The minimum Gasteiger partial charge on any atom is -0.351 e. The minimum absolute atomic E-state index is 0.0184. The van der Waals surface area contributed by atoms with Crippen molar-refractivity contribution >= 4 is 15.9 Å². The van der Waals surface area contributed by atoms with Gasteiger partial charge >= 0.3 is 0 Å². The number of sulfonamides is 1. The minimum atomic E-state index is -3.46. The molecule has 1 aliphatic rings. The Balaban J connectivity index is 2.01. The van der Waals surface area contributed by atoms with E-state index < -0.39 is 10.0 Å². The molecule has 1 heterocycles. The third-order valence-corrected chi connectivity index (χ3v) is 5.89. The van der Waals surface area contributed by atoms with Crippen molar-refractivity contribution in [1.29, 1.82) is 0 Å². The van der Waals surface area contributed by atoms with Crippen molar-refractivity contribution in [1.82, 2.24) is 9.62 Å². The zero-order valence-electron chi connectivity index (χ0n) is 14.3. The standard InChI is InChI=1S/C17H26N2O3S/c1-13-5-7-15(8-6-13)23(21,22)19-11-9-14(10-12-19)16(20)18-17(2,3)4/h5-8,14H,9-12H2,1-4H3,(H,18,20). The van der Waals surface area contributed by atoms with Gasteiger partial charge < -0.3 is 5.32 Å². The molecule has 0 radical (unpaired) electrons. The maximum atomic E-state index is 12.6. The van der Waals surface area contributed by atoms with Crippen LogP contribution in [0.25, 0.3) is 0 Å². The molecule has 0 aliphatic carbocycles. The third kappa shape index (κ3) is 4.54. The van der Waals surface area contributed by atoms with Gasteiger partial charge in [0.05, 0.1) is 4.90 Å². The molecule has 128 valence electrons. The van der Waals surface area contributed by atoms with Crippen molar-refractivity contribution in [3.63, 3.8) is 0 Å². The second-order valence-corrected chi connectivity index (χ2v) is 9.17. The monoisotopic (exact) mass is 338 g/mol. The van der Waals surface area contributed by atoms with E-state index in [0.717, 1.165) is 5.56 Å². The third-order valence-electron chi connectivity index (χ3n) is 3.98. The highest BCUT2D eigenvalue weighted by Crippen LogP contribution is 2.24. The van der Waals surface area contributed by atoms with E-state index in [1.807, 2.05) is 27.7 Å². The zero-order chi connectivity index (χ0) is 17.3. The summed E-state index contributed by atoms with van der Waals surface area (Å²) in [6, 6.07) is 6.89. The lowest BCUT2D eigenvalue weighted by molar-refractivity contribution is -0.127. The molecule has 1 amide bonds. The average molecular weight is 338 g/mol. The summed E-state index contributed by atoms with van der Waals surface area (Å²) >= 11 is 0. The number of carbonyl (C=O) groups is 1. The number of benzene rings is 1. The molecule has 23 heavy (non-hydrogen) atoms. The highest BCUT2D eigenvalue weighted by molar-refractivity contribution is 7.89. The van der Waals surface area contributed by atoms with Gasteiger partial charge in [0.2, 0.25) is 15.9 Å². The Bertz CT molecular complexity index is 652. The summed E-state index contributed by atoms with van der Waals surface area (Å²) in [7, 11) is -3.46. The molecule has 1 saturated heterocycles. The lowest BCUT2D eigenvalue weighted by atomic mass is 9.96. The second-order valence-electron chi connectivity index (χ2n) is 7.23. The largest absolute Gasteiger partial charge is 0.351 e. The first kappa shape index (κ1) is 17.9. The van der Waals surface area contributed by atoms with Crippen LogP contribution >= 0.6 is 0 Å². The van der Waals surface area contributed by atoms with Gasteiger partial charge in [0.15, 0.2) is 0 Å². The Labute approximate surface area is 139 Å². The van der Waals surface area contributed by atoms with Crippen LogP contribution in [-0.2, 0) is 14.8 Å². The number of carbonyl (C=O) groups excluding carboxylic acids is 1. The molecule has 0 spiro atoms. The van der Waals surface area contributed by atoms with E-state index >= 15 is 0 Å². The topological polar surface area (TPSA) is 66.5 Å². The number of nitrogens with zero attached hydrogens (tertiary/aromatic N) is 1. The molecular weight excluding hydrogens is 312 g/mol. The molecule has 1 aromatic carbocycles. The molecule has 6 heteroatoms. The van der Waals surface area contributed by atoms with Gasteiger partial charge in [-0.25, -0.2) is 8.42 Å². The molecule has 2 rings (SSSR count). The molecule has 0 bridgehead atoms. The van der Waals surface area contributed by atoms with E-state index in [-0.39, 0.29) is 17.4 Å². The summed E-state index contributed by atoms with van der Waals surface area (Å²) in [4.78, 5) is 12.5. The predicted molar refractivity (Wildman–Crippen MR) is 90.6 cm³/mol. The zero-order valence-corrected chi connectivity index (χ0v) is 15.1. The number of nitrogens with one attached hydrogen (secondary N) is 1. The smallest absolute Gasteiger partial charge is 0.243 e. The maximum Gasteiger partial charge on any atom is 0.243 e. The number of aryl methyl sites for hydroxylation is 1. The summed E-state index contributed by atoms with van der Waals surface area (Å²) in [5.74, 6) is -0.0939. The molecule has 0 aromatic heterocycles. The van der Waals surface area contributed by atoms with E-state index in [4.69, 9.17) is 0 Å². The van der Waals surface area contributed by atoms with E-state index in [9.17, 15) is 13.2 Å². The first-order chi connectivity index (χ1) is 10.6. The van der Waals surface area contributed by atoms with Gasteiger partial charge in [-0.2, -0.15) is 4.31 Å². The fraction of sp³-hybridized carbons (Fsp3) is 0.588. The van der Waals surface area contributed by atoms with Crippen LogP contribution in [0.3, 0.4) is 0 Å². The highest BCUT2D eigenvalue weighted by atomic mass is 32.2. The molecule has 0 saturated carbocycles. The first-order valence-corrected chi connectivity index (χ1v) is 9.42. The van der Waals surface area contributed by atoms with Crippen LogP contribution in [0.15, 0.2) is 29.2 Å². The fourth-order valence-electron chi connectivity index (χ4n) is 2.69. The fourth-order valence-corrected chi connectivity index (χ4v) is 4.16. The second kappa shape index (κ2) is 6.61. The maximum absolute atomic E-state index is 12.6. The molecule has 1 fully saturated rings. The summed E-state index contributed by atoms with van der Waals surface area (Å²) in [5.41, 5.74) is 0.767.